The van der Waals surface area contributed by atoms with Crippen LogP contribution in [0.3, 0.4) is 0 Å². The molecule has 0 unspecified atom stereocenters. The Morgan fingerprint density at radius 1 is 1.07 bits per heavy atom. The third kappa shape index (κ3) is 5.80. The van der Waals surface area contributed by atoms with Gasteiger partial charge < -0.3 is 10.6 Å². The van der Waals surface area contributed by atoms with E-state index < -0.39 is 0 Å². The van der Waals surface area contributed by atoms with Crippen molar-refractivity contribution in [1.82, 2.24) is 15.5 Å². The van der Waals surface area contributed by atoms with Crippen LogP contribution in [-0.4, -0.2) is 21.4 Å². The van der Waals surface area contributed by atoms with E-state index in [9.17, 15) is 4.79 Å². The Morgan fingerprint density at radius 2 is 1.81 bits per heavy atom. The molecule has 0 bridgehead atoms. The number of benzene rings is 2. The molecule has 2 N–H and O–H groups in total. The fourth-order valence-corrected chi connectivity index (χ4v) is 4.33. The van der Waals surface area contributed by atoms with Crippen molar-refractivity contribution in [3.8, 4) is 0 Å². The molecule has 7 heteroatoms. The molecular weight excluding hydrogens is 376 g/mol. The molecule has 1 amide bonds. The lowest BCUT2D eigenvalue weighted by Crippen LogP contribution is -2.30. The van der Waals surface area contributed by atoms with E-state index in [1.807, 2.05) is 49.4 Å². The van der Waals surface area contributed by atoms with Gasteiger partial charge in [0.2, 0.25) is 11.0 Å². The van der Waals surface area contributed by atoms with Gasteiger partial charge in [-0.15, -0.1) is 10.2 Å². The lowest BCUT2D eigenvalue weighted by atomic mass is 10.1. The Hall–Kier alpha value is -2.38. The number of aryl methyl sites for hydroxylation is 1. The molecular formula is C20H22N4OS2. The van der Waals surface area contributed by atoms with Gasteiger partial charge in [0, 0.05) is 12.2 Å². The van der Waals surface area contributed by atoms with Crippen LogP contribution in [0.1, 0.15) is 25.0 Å². The van der Waals surface area contributed by atoms with Gasteiger partial charge in [-0.1, -0.05) is 72.5 Å². The molecule has 1 aromatic heterocycles. The summed E-state index contributed by atoms with van der Waals surface area (Å²) in [5.74, 6) is -0.0104. The number of hydrogen-bond donors (Lipinski definition) is 2. The topological polar surface area (TPSA) is 66.9 Å². The maximum atomic E-state index is 12.3. The minimum Gasteiger partial charge on any atom is -0.351 e. The first kappa shape index (κ1) is 19.4. The number of amides is 1. The Kier molecular flexibility index (Phi) is 6.84. The fraction of sp³-hybridized carbons (Fsp3) is 0.250. The van der Waals surface area contributed by atoms with Crippen molar-refractivity contribution in [2.45, 2.75) is 36.4 Å². The Morgan fingerprint density at radius 3 is 2.52 bits per heavy atom. The van der Waals surface area contributed by atoms with Crippen LogP contribution in [-0.2, 0) is 17.8 Å². The molecule has 1 atom stereocenters. The predicted molar refractivity (Wildman–Crippen MR) is 113 cm³/mol. The maximum absolute atomic E-state index is 12.3. The van der Waals surface area contributed by atoms with Gasteiger partial charge in [-0.3, -0.25) is 4.79 Å². The molecule has 140 valence electrons. The summed E-state index contributed by atoms with van der Waals surface area (Å²) in [5.41, 5.74) is 3.36. The average Bonchev–Trinajstić information content (AvgIpc) is 3.14. The molecule has 0 saturated heterocycles. The molecule has 0 aliphatic carbocycles. The van der Waals surface area contributed by atoms with Gasteiger partial charge in [0.15, 0.2) is 4.34 Å². The van der Waals surface area contributed by atoms with Crippen molar-refractivity contribution in [3.05, 3.63) is 65.7 Å². The average molecular weight is 399 g/mol. The summed E-state index contributed by atoms with van der Waals surface area (Å²) in [4.78, 5) is 12.3. The predicted octanol–water partition coefficient (Wildman–Crippen LogP) is 4.64. The molecule has 3 aromatic rings. The van der Waals surface area contributed by atoms with Gasteiger partial charge in [-0.2, -0.15) is 0 Å². The van der Waals surface area contributed by atoms with Gasteiger partial charge in [-0.05, 0) is 36.6 Å². The van der Waals surface area contributed by atoms with Gasteiger partial charge in [-0.25, -0.2) is 0 Å². The molecule has 5 nitrogen and oxygen atoms in total. The zero-order valence-corrected chi connectivity index (χ0v) is 16.9. The molecule has 1 heterocycles. The molecule has 0 radical (unpaired) electrons. The van der Waals surface area contributed by atoms with E-state index in [1.165, 1.54) is 28.7 Å². The SMILES string of the molecule is CCc1ccc(Nc2nnc(S[C@H](C)C(=O)NCc3ccccc3)s2)cc1. The first-order chi connectivity index (χ1) is 13.1. The molecule has 0 aliphatic heterocycles. The molecule has 27 heavy (non-hydrogen) atoms. The second-order valence-electron chi connectivity index (χ2n) is 6.01. The molecule has 0 fully saturated rings. The van der Waals surface area contributed by atoms with E-state index in [1.54, 1.807) is 0 Å². The number of carbonyl (C=O) groups is 1. The Labute approximate surface area is 167 Å². The highest BCUT2D eigenvalue weighted by atomic mass is 32.2. The Bertz CT molecular complexity index is 865. The first-order valence-corrected chi connectivity index (χ1v) is 10.5. The van der Waals surface area contributed by atoms with Gasteiger partial charge in [0.25, 0.3) is 0 Å². The lowest BCUT2D eigenvalue weighted by Gasteiger charge is -2.10. The molecule has 0 aliphatic rings. The third-order valence-corrected chi connectivity index (χ3v) is 6.00. The number of nitrogens with zero attached hydrogens (tertiary/aromatic N) is 2. The van der Waals surface area contributed by atoms with Crippen LogP contribution in [0.15, 0.2) is 58.9 Å². The van der Waals surface area contributed by atoms with Crippen LogP contribution in [0, 0.1) is 0 Å². The number of nitrogens with one attached hydrogen (secondary N) is 2. The van der Waals surface area contributed by atoms with Crippen LogP contribution in [0.2, 0.25) is 0 Å². The van der Waals surface area contributed by atoms with E-state index >= 15 is 0 Å². The van der Waals surface area contributed by atoms with Crippen molar-refractivity contribution in [1.29, 1.82) is 0 Å². The lowest BCUT2D eigenvalue weighted by molar-refractivity contribution is -0.120. The number of rotatable bonds is 8. The molecule has 0 saturated carbocycles. The summed E-state index contributed by atoms with van der Waals surface area (Å²) < 4.78 is 0.769. The summed E-state index contributed by atoms with van der Waals surface area (Å²) in [6.45, 7) is 4.54. The largest absolute Gasteiger partial charge is 0.351 e. The van der Waals surface area contributed by atoms with Crippen molar-refractivity contribution < 1.29 is 4.79 Å². The highest BCUT2D eigenvalue weighted by molar-refractivity contribution is 8.02. The van der Waals surface area contributed by atoms with Gasteiger partial charge in [0.1, 0.15) is 0 Å². The number of thioether (sulfide) groups is 1. The summed E-state index contributed by atoms with van der Waals surface area (Å²) >= 11 is 2.86. The van der Waals surface area contributed by atoms with Crippen molar-refractivity contribution >= 4 is 39.8 Å². The third-order valence-electron chi connectivity index (χ3n) is 3.98. The van der Waals surface area contributed by atoms with E-state index in [2.05, 4.69) is 39.9 Å². The quantitative estimate of drug-likeness (QED) is 0.541. The van der Waals surface area contributed by atoms with Crippen molar-refractivity contribution in [2.24, 2.45) is 0 Å². The standard InChI is InChI=1S/C20H22N4OS2/c1-3-15-9-11-17(12-10-15)22-19-23-24-20(27-19)26-14(2)18(25)21-13-16-7-5-4-6-8-16/h4-12,14H,3,13H2,1-2H3,(H,21,25)(H,22,23)/t14-/m1/s1. The number of carbonyl (C=O) groups excluding carboxylic acids is 1. The monoisotopic (exact) mass is 398 g/mol. The maximum Gasteiger partial charge on any atom is 0.233 e. The van der Waals surface area contributed by atoms with Crippen LogP contribution in [0.25, 0.3) is 0 Å². The second-order valence-corrected chi connectivity index (χ2v) is 8.58. The number of aromatic nitrogens is 2. The number of anilines is 2. The van der Waals surface area contributed by atoms with Crippen LogP contribution < -0.4 is 10.6 Å². The van der Waals surface area contributed by atoms with Gasteiger partial charge >= 0.3 is 0 Å². The van der Waals surface area contributed by atoms with E-state index in [4.69, 9.17) is 0 Å². The normalized spacial score (nSPS) is 11.8. The zero-order chi connectivity index (χ0) is 19.1. The molecule has 0 spiro atoms. The second kappa shape index (κ2) is 9.53. The Balaban J connectivity index is 1.50. The zero-order valence-electron chi connectivity index (χ0n) is 15.3. The number of hydrogen-bond acceptors (Lipinski definition) is 6. The van der Waals surface area contributed by atoms with Crippen LogP contribution in [0.5, 0.6) is 0 Å². The van der Waals surface area contributed by atoms with Crippen molar-refractivity contribution in [3.63, 3.8) is 0 Å². The van der Waals surface area contributed by atoms with Crippen molar-refractivity contribution in [2.75, 3.05) is 5.32 Å². The van der Waals surface area contributed by atoms with Crippen LogP contribution >= 0.6 is 23.1 Å². The summed E-state index contributed by atoms with van der Waals surface area (Å²) in [5, 5.41) is 15.0. The van der Waals surface area contributed by atoms with E-state index in [0.717, 1.165) is 27.1 Å². The van der Waals surface area contributed by atoms with E-state index in [0.29, 0.717) is 6.54 Å². The molecule has 3 rings (SSSR count). The smallest absolute Gasteiger partial charge is 0.233 e. The van der Waals surface area contributed by atoms with Gasteiger partial charge in [0.05, 0.1) is 5.25 Å². The highest BCUT2D eigenvalue weighted by Crippen LogP contribution is 2.30. The summed E-state index contributed by atoms with van der Waals surface area (Å²) in [7, 11) is 0. The minimum atomic E-state index is -0.238. The first-order valence-electron chi connectivity index (χ1n) is 8.82. The summed E-state index contributed by atoms with van der Waals surface area (Å²) in [6.07, 6.45) is 1.02. The highest BCUT2D eigenvalue weighted by Gasteiger charge is 2.17. The summed E-state index contributed by atoms with van der Waals surface area (Å²) in [6, 6.07) is 18.1. The van der Waals surface area contributed by atoms with Crippen LogP contribution in [0.4, 0.5) is 10.8 Å². The molecule has 2 aromatic carbocycles. The minimum absolute atomic E-state index is 0.0104. The fourth-order valence-electron chi connectivity index (χ4n) is 2.39. The van der Waals surface area contributed by atoms with E-state index in [-0.39, 0.29) is 11.2 Å².